The maximum absolute atomic E-state index is 13.9. The summed E-state index contributed by atoms with van der Waals surface area (Å²) in [5, 5.41) is 17.9. The van der Waals surface area contributed by atoms with Gasteiger partial charge < -0.3 is 14.9 Å². The summed E-state index contributed by atoms with van der Waals surface area (Å²) in [5.41, 5.74) is -0.112. The molecule has 1 aromatic carbocycles. The van der Waals surface area contributed by atoms with E-state index in [2.05, 4.69) is 15.5 Å². The van der Waals surface area contributed by atoms with Crippen molar-refractivity contribution in [1.82, 2.24) is 15.5 Å². The normalized spacial score (nSPS) is 19.0. The van der Waals surface area contributed by atoms with Gasteiger partial charge in [0.1, 0.15) is 5.82 Å². The molecule has 1 atom stereocenters. The fourth-order valence-corrected chi connectivity index (χ4v) is 3.45. The zero-order valence-corrected chi connectivity index (χ0v) is 14.0. The second-order valence-corrected chi connectivity index (χ2v) is 6.55. The van der Waals surface area contributed by atoms with Gasteiger partial charge in [0.05, 0.1) is 11.6 Å². The number of aromatic nitrogens is 2. The van der Waals surface area contributed by atoms with Crippen LogP contribution in [0.3, 0.4) is 0 Å². The molecule has 0 spiro atoms. The minimum Gasteiger partial charge on any atom is -0.387 e. The highest BCUT2D eigenvalue weighted by Gasteiger charge is 2.37. The van der Waals surface area contributed by atoms with Crippen LogP contribution in [0.25, 0.3) is 0 Å². The molecule has 1 saturated carbocycles. The summed E-state index contributed by atoms with van der Waals surface area (Å²) in [7, 11) is 0. The zero-order chi connectivity index (χ0) is 17.0. The Kier molecular flexibility index (Phi) is 5.26. The van der Waals surface area contributed by atoms with Crippen molar-refractivity contribution in [2.45, 2.75) is 57.1 Å². The van der Waals surface area contributed by atoms with E-state index in [4.69, 9.17) is 4.52 Å². The maximum atomic E-state index is 13.9. The van der Waals surface area contributed by atoms with E-state index in [1.807, 2.05) is 0 Å². The number of benzene rings is 1. The summed E-state index contributed by atoms with van der Waals surface area (Å²) in [6.45, 7) is 2.02. The molecule has 0 radical (unpaired) electrons. The lowest BCUT2D eigenvalue weighted by Gasteiger charge is -2.32. The molecule has 5 nitrogen and oxygen atoms in total. The lowest BCUT2D eigenvalue weighted by atomic mass is 9.88. The Morgan fingerprint density at radius 1 is 1.25 bits per heavy atom. The number of aliphatic hydroxyl groups excluding tert-OH is 1. The average molecular weight is 333 g/mol. The van der Waals surface area contributed by atoms with E-state index >= 15 is 0 Å². The highest BCUT2D eigenvalue weighted by molar-refractivity contribution is 5.20. The van der Waals surface area contributed by atoms with Gasteiger partial charge in [0.15, 0.2) is 5.82 Å². The number of nitrogens with zero attached hydrogens (tertiary/aromatic N) is 2. The summed E-state index contributed by atoms with van der Waals surface area (Å²) in [6.07, 6.45) is 5.34. The average Bonchev–Trinajstić information content (AvgIpc) is 2.88. The predicted molar refractivity (Wildman–Crippen MR) is 87.8 cm³/mol. The summed E-state index contributed by atoms with van der Waals surface area (Å²) < 4.78 is 19.0. The smallest absolute Gasteiger partial charge is 0.223 e. The quantitative estimate of drug-likeness (QED) is 0.821. The van der Waals surface area contributed by atoms with Crippen molar-refractivity contribution in [3.8, 4) is 0 Å². The van der Waals surface area contributed by atoms with E-state index in [1.165, 1.54) is 18.9 Å². The van der Waals surface area contributed by atoms with Gasteiger partial charge >= 0.3 is 0 Å². The molecule has 130 valence electrons. The van der Waals surface area contributed by atoms with E-state index < -0.39 is 17.5 Å². The van der Waals surface area contributed by atoms with Crippen molar-refractivity contribution in [3.63, 3.8) is 0 Å². The van der Waals surface area contributed by atoms with Crippen LogP contribution in [0.1, 0.15) is 61.9 Å². The molecule has 6 heteroatoms. The molecule has 0 saturated heterocycles. The molecule has 0 bridgehead atoms. The summed E-state index contributed by atoms with van der Waals surface area (Å²) in [4.78, 5) is 4.42. The summed E-state index contributed by atoms with van der Waals surface area (Å²) in [5.74, 6) is 0.782. The monoisotopic (exact) mass is 333 g/mol. The molecule has 0 amide bonds. The predicted octanol–water partition coefficient (Wildman–Crippen LogP) is 3.39. The van der Waals surface area contributed by atoms with Crippen LogP contribution in [0, 0.1) is 12.7 Å². The first-order valence-corrected chi connectivity index (χ1v) is 8.59. The number of aryl methyl sites for hydroxylation is 1. The van der Waals surface area contributed by atoms with Crippen molar-refractivity contribution in [2.75, 3.05) is 6.54 Å². The molecule has 1 aliphatic carbocycles. The molecule has 1 aromatic heterocycles. The molecule has 0 aliphatic heterocycles. The third-order valence-electron chi connectivity index (χ3n) is 4.81. The minimum atomic E-state index is -0.917. The highest BCUT2D eigenvalue weighted by atomic mass is 19.1. The largest absolute Gasteiger partial charge is 0.387 e. The number of halogens is 1. The Hall–Kier alpha value is -1.79. The third kappa shape index (κ3) is 3.65. The SMILES string of the molecule is Cc1nc(C2(NCC(O)c3ccccc3F)CCCCCC2)no1. The van der Waals surface area contributed by atoms with E-state index in [0.717, 1.165) is 25.7 Å². The summed E-state index contributed by atoms with van der Waals surface area (Å²) >= 11 is 0. The van der Waals surface area contributed by atoms with Gasteiger partial charge in [-0.25, -0.2) is 4.39 Å². The molecule has 24 heavy (non-hydrogen) atoms. The van der Waals surface area contributed by atoms with Gasteiger partial charge in [-0.15, -0.1) is 0 Å². The van der Waals surface area contributed by atoms with Crippen LogP contribution < -0.4 is 5.32 Å². The highest BCUT2D eigenvalue weighted by Crippen LogP contribution is 2.35. The van der Waals surface area contributed by atoms with Crippen LogP contribution in [-0.4, -0.2) is 21.8 Å². The van der Waals surface area contributed by atoms with Gasteiger partial charge in [0, 0.05) is 19.0 Å². The molecule has 1 unspecified atom stereocenters. The molecule has 2 aromatic rings. The third-order valence-corrected chi connectivity index (χ3v) is 4.81. The van der Waals surface area contributed by atoms with Crippen molar-refractivity contribution < 1.29 is 14.0 Å². The van der Waals surface area contributed by atoms with E-state index in [1.54, 1.807) is 25.1 Å². The first-order valence-electron chi connectivity index (χ1n) is 8.59. The van der Waals surface area contributed by atoms with Gasteiger partial charge in [-0.2, -0.15) is 4.98 Å². The van der Waals surface area contributed by atoms with E-state index in [-0.39, 0.29) is 6.54 Å². The first kappa shape index (κ1) is 17.0. The Morgan fingerprint density at radius 3 is 2.58 bits per heavy atom. The topological polar surface area (TPSA) is 71.2 Å². The van der Waals surface area contributed by atoms with Crippen LogP contribution in [0.5, 0.6) is 0 Å². The van der Waals surface area contributed by atoms with Crippen LogP contribution in [-0.2, 0) is 5.54 Å². The molecular formula is C18H24FN3O2. The standard InChI is InChI=1S/C18H24FN3O2/c1-13-21-17(22-24-13)18(10-6-2-3-7-11-18)20-12-16(23)14-8-4-5-9-15(14)19/h4-5,8-9,16,20,23H,2-3,6-7,10-12H2,1H3. The lowest BCUT2D eigenvalue weighted by molar-refractivity contribution is 0.142. The number of nitrogens with one attached hydrogen (secondary N) is 1. The molecule has 1 heterocycles. The van der Waals surface area contributed by atoms with Gasteiger partial charge in [0.2, 0.25) is 5.89 Å². The van der Waals surface area contributed by atoms with Crippen molar-refractivity contribution in [3.05, 3.63) is 47.4 Å². The lowest BCUT2D eigenvalue weighted by Crippen LogP contribution is -2.45. The molecule has 3 rings (SSSR count). The molecular weight excluding hydrogens is 309 g/mol. The van der Waals surface area contributed by atoms with Crippen LogP contribution in [0.2, 0.25) is 0 Å². The Morgan fingerprint density at radius 2 is 1.96 bits per heavy atom. The van der Waals surface area contributed by atoms with Gasteiger partial charge in [0.25, 0.3) is 0 Å². The van der Waals surface area contributed by atoms with Gasteiger partial charge in [-0.05, 0) is 18.9 Å². The Labute approximate surface area is 141 Å². The molecule has 2 N–H and O–H groups in total. The maximum Gasteiger partial charge on any atom is 0.223 e. The van der Waals surface area contributed by atoms with Gasteiger partial charge in [-0.3, -0.25) is 0 Å². The number of rotatable bonds is 5. The second kappa shape index (κ2) is 7.40. The Bertz CT molecular complexity index is 666. The number of hydrogen-bond donors (Lipinski definition) is 2. The van der Waals surface area contributed by atoms with Crippen LogP contribution in [0.15, 0.2) is 28.8 Å². The van der Waals surface area contributed by atoms with Crippen molar-refractivity contribution in [2.24, 2.45) is 0 Å². The zero-order valence-electron chi connectivity index (χ0n) is 14.0. The fourth-order valence-electron chi connectivity index (χ4n) is 3.45. The van der Waals surface area contributed by atoms with Crippen molar-refractivity contribution >= 4 is 0 Å². The van der Waals surface area contributed by atoms with Crippen LogP contribution in [0.4, 0.5) is 4.39 Å². The van der Waals surface area contributed by atoms with Crippen LogP contribution >= 0.6 is 0 Å². The molecule has 1 fully saturated rings. The van der Waals surface area contributed by atoms with E-state index in [9.17, 15) is 9.50 Å². The number of hydrogen-bond acceptors (Lipinski definition) is 5. The Balaban J connectivity index is 1.78. The van der Waals surface area contributed by atoms with E-state index in [0.29, 0.717) is 17.3 Å². The second-order valence-electron chi connectivity index (χ2n) is 6.55. The van der Waals surface area contributed by atoms with Crippen molar-refractivity contribution in [1.29, 1.82) is 0 Å². The van der Waals surface area contributed by atoms with Gasteiger partial charge in [-0.1, -0.05) is 49.0 Å². The minimum absolute atomic E-state index is 0.245. The summed E-state index contributed by atoms with van der Waals surface area (Å²) in [6, 6.07) is 6.32. The molecule has 1 aliphatic rings. The fraction of sp³-hybridized carbons (Fsp3) is 0.556. The number of aliphatic hydroxyl groups is 1. The first-order chi connectivity index (χ1) is 11.6.